The van der Waals surface area contributed by atoms with E-state index in [-0.39, 0.29) is 11.7 Å². The van der Waals surface area contributed by atoms with Crippen molar-refractivity contribution < 1.29 is 4.39 Å². The molecule has 0 nitrogen and oxygen atoms in total. The van der Waals surface area contributed by atoms with Gasteiger partial charge in [0, 0.05) is 5.56 Å². The molecule has 0 bridgehead atoms. The van der Waals surface area contributed by atoms with Gasteiger partial charge >= 0.3 is 0 Å². The fourth-order valence-corrected chi connectivity index (χ4v) is 2.83. The maximum absolute atomic E-state index is 14.8. The summed E-state index contributed by atoms with van der Waals surface area (Å²) in [7, 11) is 0. The highest BCUT2D eigenvalue weighted by molar-refractivity contribution is 5.72. The first kappa shape index (κ1) is 13.8. The van der Waals surface area contributed by atoms with Crippen LogP contribution in [0.3, 0.4) is 0 Å². The van der Waals surface area contributed by atoms with Crippen molar-refractivity contribution in [2.45, 2.75) is 40.5 Å². The van der Waals surface area contributed by atoms with Gasteiger partial charge < -0.3 is 0 Å². The van der Waals surface area contributed by atoms with Crippen LogP contribution in [-0.2, 0) is 0 Å². The second-order valence-electron chi connectivity index (χ2n) is 5.58. The zero-order valence-corrected chi connectivity index (χ0v) is 12.3. The zero-order chi connectivity index (χ0) is 14.2. The average Bonchev–Trinajstić information content (AvgIpc) is 2.31. The Kier molecular flexibility index (Phi) is 3.75. The Morgan fingerprint density at radius 1 is 0.842 bits per heavy atom. The molecule has 0 saturated carbocycles. The predicted molar refractivity (Wildman–Crippen MR) is 80.1 cm³/mol. The van der Waals surface area contributed by atoms with Gasteiger partial charge in [-0.3, -0.25) is 0 Å². The molecule has 0 radical (unpaired) electrons. The average molecular weight is 256 g/mol. The van der Waals surface area contributed by atoms with Crippen molar-refractivity contribution in [1.29, 1.82) is 0 Å². The molecule has 0 fully saturated rings. The highest BCUT2D eigenvalue weighted by Crippen LogP contribution is 2.34. The van der Waals surface area contributed by atoms with Crippen molar-refractivity contribution >= 4 is 0 Å². The first-order chi connectivity index (χ1) is 8.93. The highest BCUT2D eigenvalue weighted by Gasteiger charge is 2.17. The molecule has 0 aromatic heterocycles. The fraction of sp³-hybridized carbons (Fsp3) is 0.333. The number of hydrogen-bond donors (Lipinski definition) is 0. The van der Waals surface area contributed by atoms with E-state index in [1.54, 1.807) is 0 Å². The summed E-state index contributed by atoms with van der Waals surface area (Å²) in [6, 6.07) is 10.0. The lowest BCUT2D eigenvalue weighted by molar-refractivity contribution is 0.599. The molecule has 2 rings (SSSR count). The maximum atomic E-state index is 14.8. The van der Waals surface area contributed by atoms with E-state index < -0.39 is 0 Å². The van der Waals surface area contributed by atoms with Gasteiger partial charge in [0.15, 0.2) is 0 Å². The molecule has 0 aliphatic rings. The summed E-state index contributed by atoms with van der Waals surface area (Å²) in [5.41, 5.74) is 5.87. The van der Waals surface area contributed by atoms with E-state index in [9.17, 15) is 4.39 Å². The third-order valence-corrected chi connectivity index (χ3v) is 3.73. The first-order valence-electron chi connectivity index (χ1n) is 6.79. The van der Waals surface area contributed by atoms with E-state index in [4.69, 9.17) is 0 Å². The summed E-state index contributed by atoms with van der Waals surface area (Å²) in [6.07, 6.45) is 0. The van der Waals surface area contributed by atoms with Crippen molar-refractivity contribution in [2.75, 3.05) is 0 Å². The van der Waals surface area contributed by atoms with Crippen molar-refractivity contribution in [1.82, 2.24) is 0 Å². The molecule has 0 heterocycles. The lowest BCUT2D eigenvalue weighted by Crippen LogP contribution is -2.01. The molecular weight excluding hydrogens is 235 g/mol. The van der Waals surface area contributed by atoms with E-state index in [0.29, 0.717) is 0 Å². The minimum Gasteiger partial charge on any atom is -0.206 e. The van der Waals surface area contributed by atoms with Crippen LogP contribution in [0.5, 0.6) is 0 Å². The van der Waals surface area contributed by atoms with Crippen LogP contribution in [0.2, 0.25) is 0 Å². The SMILES string of the molecule is Cc1cccc(C)c1-c1ccc(C)c(C(C)C)c1F. The lowest BCUT2D eigenvalue weighted by Gasteiger charge is -2.17. The van der Waals surface area contributed by atoms with Crippen LogP contribution in [0.4, 0.5) is 4.39 Å². The molecule has 0 N–H and O–H groups in total. The summed E-state index contributed by atoms with van der Waals surface area (Å²) in [6.45, 7) is 10.1. The van der Waals surface area contributed by atoms with Crippen LogP contribution >= 0.6 is 0 Å². The molecule has 0 saturated heterocycles. The van der Waals surface area contributed by atoms with Gasteiger partial charge in [0.1, 0.15) is 5.82 Å². The van der Waals surface area contributed by atoms with Crippen molar-refractivity contribution in [3.8, 4) is 11.1 Å². The van der Waals surface area contributed by atoms with Crippen molar-refractivity contribution in [3.05, 3.63) is 58.4 Å². The Balaban J connectivity index is 2.74. The van der Waals surface area contributed by atoms with Crippen molar-refractivity contribution in [2.24, 2.45) is 0 Å². The highest BCUT2D eigenvalue weighted by atomic mass is 19.1. The van der Waals surface area contributed by atoms with Crippen molar-refractivity contribution in [3.63, 3.8) is 0 Å². The first-order valence-corrected chi connectivity index (χ1v) is 6.79. The largest absolute Gasteiger partial charge is 0.206 e. The zero-order valence-electron chi connectivity index (χ0n) is 12.3. The van der Waals surface area contributed by atoms with Gasteiger partial charge in [-0.25, -0.2) is 4.39 Å². The van der Waals surface area contributed by atoms with Crippen LogP contribution in [0, 0.1) is 26.6 Å². The number of halogens is 1. The van der Waals surface area contributed by atoms with E-state index in [0.717, 1.165) is 33.4 Å². The second kappa shape index (κ2) is 5.16. The Morgan fingerprint density at radius 2 is 1.42 bits per heavy atom. The van der Waals surface area contributed by atoms with E-state index in [1.165, 1.54) is 0 Å². The Morgan fingerprint density at radius 3 is 1.95 bits per heavy atom. The molecule has 2 aromatic carbocycles. The molecule has 2 aromatic rings. The van der Waals surface area contributed by atoms with Crippen LogP contribution in [0.15, 0.2) is 30.3 Å². The van der Waals surface area contributed by atoms with Gasteiger partial charge in [-0.1, -0.05) is 44.2 Å². The van der Waals surface area contributed by atoms with E-state index in [1.807, 2.05) is 65.0 Å². The molecule has 0 aliphatic heterocycles. The maximum Gasteiger partial charge on any atom is 0.134 e. The Labute approximate surface area is 115 Å². The number of benzene rings is 2. The Bertz CT molecular complexity index is 589. The third kappa shape index (κ3) is 2.42. The summed E-state index contributed by atoms with van der Waals surface area (Å²) in [4.78, 5) is 0. The van der Waals surface area contributed by atoms with E-state index >= 15 is 0 Å². The molecule has 100 valence electrons. The number of rotatable bonds is 2. The summed E-state index contributed by atoms with van der Waals surface area (Å²) >= 11 is 0. The summed E-state index contributed by atoms with van der Waals surface area (Å²) in [5.74, 6) is 0.136. The van der Waals surface area contributed by atoms with Crippen LogP contribution in [-0.4, -0.2) is 0 Å². The topological polar surface area (TPSA) is 0 Å². The number of aryl methyl sites for hydroxylation is 3. The third-order valence-electron chi connectivity index (χ3n) is 3.73. The second-order valence-corrected chi connectivity index (χ2v) is 5.58. The predicted octanol–water partition coefficient (Wildman–Crippen LogP) is 5.54. The van der Waals surface area contributed by atoms with Gasteiger partial charge in [0.2, 0.25) is 0 Å². The minimum atomic E-state index is -0.0626. The quantitative estimate of drug-likeness (QED) is 0.661. The fourth-order valence-electron chi connectivity index (χ4n) is 2.83. The molecule has 0 atom stereocenters. The molecule has 0 spiro atoms. The number of hydrogen-bond acceptors (Lipinski definition) is 0. The molecule has 0 unspecified atom stereocenters. The molecule has 0 amide bonds. The smallest absolute Gasteiger partial charge is 0.134 e. The lowest BCUT2D eigenvalue weighted by atomic mass is 9.89. The van der Waals surface area contributed by atoms with Gasteiger partial charge in [0.25, 0.3) is 0 Å². The molecule has 0 aliphatic carbocycles. The molecule has 1 heteroatoms. The standard InChI is InChI=1S/C18H21F/c1-11(2)16-14(5)9-10-15(18(16)19)17-12(3)7-6-8-13(17)4/h6-11H,1-5H3. The summed E-state index contributed by atoms with van der Waals surface area (Å²) in [5, 5.41) is 0. The van der Waals surface area contributed by atoms with E-state index in [2.05, 4.69) is 0 Å². The normalized spacial score (nSPS) is 11.1. The van der Waals surface area contributed by atoms with Gasteiger partial charge in [-0.15, -0.1) is 0 Å². The van der Waals surface area contributed by atoms with Gasteiger partial charge in [-0.2, -0.15) is 0 Å². The summed E-state index contributed by atoms with van der Waals surface area (Å²) < 4.78 is 14.8. The van der Waals surface area contributed by atoms with Crippen LogP contribution in [0.1, 0.15) is 42.0 Å². The monoisotopic (exact) mass is 256 g/mol. The molecule has 19 heavy (non-hydrogen) atoms. The van der Waals surface area contributed by atoms with Gasteiger partial charge in [0.05, 0.1) is 0 Å². The van der Waals surface area contributed by atoms with Gasteiger partial charge in [-0.05, 0) is 54.5 Å². The Hall–Kier alpha value is -1.63. The molecular formula is C18H21F. The van der Waals surface area contributed by atoms with Crippen LogP contribution in [0.25, 0.3) is 11.1 Å². The minimum absolute atomic E-state index is 0.0626. The van der Waals surface area contributed by atoms with Crippen LogP contribution < -0.4 is 0 Å².